The number of carbonyl (C=O) groups is 1. The number of imidazole rings is 1. The SMILES string of the molecule is O=C(Cn1cnc2ccccc21)Nc1cccc(-c2nccc(C(F)(F)F)n2)c1. The topological polar surface area (TPSA) is 72.7 Å². The van der Waals surface area contributed by atoms with Crippen LogP contribution >= 0.6 is 0 Å². The van der Waals surface area contributed by atoms with Crippen molar-refractivity contribution in [3.05, 3.63) is 72.8 Å². The number of hydrogen-bond donors (Lipinski definition) is 1. The van der Waals surface area contributed by atoms with E-state index in [0.717, 1.165) is 23.3 Å². The van der Waals surface area contributed by atoms with Gasteiger partial charge in [0.2, 0.25) is 5.91 Å². The number of aromatic nitrogens is 4. The minimum Gasteiger partial charge on any atom is -0.325 e. The molecule has 0 saturated carbocycles. The number of nitrogens with one attached hydrogen (secondary N) is 1. The molecule has 6 nitrogen and oxygen atoms in total. The molecule has 0 unspecified atom stereocenters. The molecule has 0 saturated heterocycles. The summed E-state index contributed by atoms with van der Waals surface area (Å²) in [7, 11) is 0. The van der Waals surface area contributed by atoms with Gasteiger partial charge in [-0.3, -0.25) is 4.79 Å². The molecule has 1 N–H and O–H groups in total. The van der Waals surface area contributed by atoms with Gasteiger partial charge in [0.15, 0.2) is 5.82 Å². The minimum absolute atomic E-state index is 0.0464. The van der Waals surface area contributed by atoms with Crippen LogP contribution in [0.3, 0.4) is 0 Å². The number of rotatable bonds is 4. The van der Waals surface area contributed by atoms with Crippen LogP contribution in [-0.2, 0) is 17.5 Å². The number of amides is 1. The standard InChI is InChI=1S/C20H14F3N5O/c21-20(22,23)17-8-9-24-19(27-17)13-4-3-5-14(10-13)26-18(29)11-28-12-25-15-6-1-2-7-16(15)28/h1-10,12H,11H2,(H,26,29). The van der Waals surface area contributed by atoms with Crippen molar-refractivity contribution in [2.24, 2.45) is 0 Å². The van der Waals surface area contributed by atoms with Gasteiger partial charge in [0.1, 0.15) is 12.2 Å². The monoisotopic (exact) mass is 397 g/mol. The second-order valence-electron chi connectivity index (χ2n) is 6.25. The van der Waals surface area contributed by atoms with Crippen molar-refractivity contribution in [2.45, 2.75) is 12.7 Å². The van der Waals surface area contributed by atoms with E-state index in [9.17, 15) is 18.0 Å². The Bertz CT molecular complexity index is 1190. The summed E-state index contributed by atoms with van der Waals surface area (Å²) in [5.74, 6) is -0.369. The van der Waals surface area contributed by atoms with Crippen LogP contribution in [0, 0.1) is 0 Å². The van der Waals surface area contributed by atoms with Gasteiger partial charge in [0.05, 0.1) is 17.4 Å². The molecule has 0 aliphatic rings. The van der Waals surface area contributed by atoms with Crippen molar-refractivity contribution in [2.75, 3.05) is 5.32 Å². The first-order valence-corrected chi connectivity index (χ1v) is 8.60. The average Bonchev–Trinajstić information content (AvgIpc) is 3.10. The fourth-order valence-corrected chi connectivity index (χ4v) is 2.88. The summed E-state index contributed by atoms with van der Waals surface area (Å²) < 4.78 is 40.3. The molecule has 9 heteroatoms. The molecule has 0 aliphatic carbocycles. The lowest BCUT2D eigenvalue weighted by atomic mass is 10.2. The molecule has 1 amide bonds. The Morgan fingerprint density at radius 2 is 1.86 bits per heavy atom. The molecule has 0 aliphatic heterocycles. The van der Waals surface area contributed by atoms with Crippen LogP contribution in [0.4, 0.5) is 18.9 Å². The summed E-state index contributed by atoms with van der Waals surface area (Å²) in [6, 6.07) is 14.6. The summed E-state index contributed by atoms with van der Waals surface area (Å²) in [6.45, 7) is 0.0464. The molecule has 2 aromatic carbocycles. The first-order valence-electron chi connectivity index (χ1n) is 8.60. The number of halogens is 3. The van der Waals surface area contributed by atoms with Gasteiger partial charge in [-0.05, 0) is 30.3 Å². The highest BCUT2D eigenvalue weighted by Crippen LogP contribution is 2.29. The van der Waals surface area contributed by atoms with Crippen LogP contribution in [0.25, 0.3) is 22.4 Å². The highest BCUT2D eigenvalue weighted by molar-refractivity contribution is 5.92. The first kappa shape index (κ1) is 18.6. The van der Waals surface area contributed by atoms with Crippen LogP contribution in [0.5, 0.6) is 0 Å². The van der Waals surface area contributed by atoms with Crippen molar-refractivity contribution in [3.8, 4) is 11.4 Å². The zero-order valence-electron chi connectivity index (χ0n) is 14.9. The van der Waals surface area contributed by atoms with E-state index in [-0.39, 0.29) is 18.3 Å². The number of fused-ring (bicyclic) bond motifs is 1. The lowest BCUT2D eigenvalue weighted by Gasteiger charge is -2.09. The van der Waals surface area contributed by atoms with Crippen LogP contribution in [0.15, 0.2) is 67.1 Å². The number of nitrogens with zero attached hydrogens (tertiary/aromatic N) is 4. The molecule has 0 atom stereocenters. The van der Waals surface area contributed by atoms with Crippen molar-refractivity contribution in [1.82, 2.24) is 19.5 Å². The van der Waals surface area contributed by atoms with Gasteiger partial charge in [0.25, 0.3) is 0 Å². The van der Waals surface area contributed by atoms with Crippen molar-refractivity contribution >= 4 is 22.6 Å². The van der Waals surface area contributed by atoms with Crippen molar-refractivity contribution in [1.29, 1.82) is 0 Å². The Morgan fingerprint density at radius 1 is 1.03 bits per heavy atom. The molecular formula is C20H14F3N5O. The molecule has 146 valence electrons. The number of anilines is 1. The lowest BCUT2D eigenvalue weighted by molar-refractivity contribution is -0.141. The van der Waals surface area contributed by atoms with Crippen molar-refractivity contribution in [3.63, 3.8) is 0 Å². The summed E-state index contributed by atoms with van der Waals surface area (Å²) in [5.41, 5.74) is 1.38. The molecule has 2 aromatic heterocycles. The second kappa shape index (κ2) is 7.34. The van der Waals surface area contributed by atoms with Gasteiger partial charge in [-0.25, -0.2) is 15.0 Å². The normalized spacial score (nSPS) is 11.6. The summed E-state index contributed by atoms with van der Waals surface area (Å²) in [4.78, 5) is 24.1. The molecule has 2 heterocycles. The van der Waals surface area contributed by atoms with Crippen molar-refractivity contribution < 1.29 is 18.0 Å². The van der Waals surface area contributed by atoms with Crippen LogP contribution < -0.4 is 5.32 Å². The molecule has 4 aromatic rings. The number of benzene rings is 2. The molecule has 0 fully saturated rings. The summed E-state index contributed by atoms with van der Waals surface area (Å²) in [5, 5.41) is 2.73. The smallest absolute Gasteiger partial charge is 0.325 e. The Hall–Kier alpha value is -3.75. The Morgan fingerprint density at radius 3 is 2.69 bits per heavy atom. The average molecular weight is 397 g/mol. The van der Waals surface area contributed by atoms with E-state index < -0.39 is 11.9 Å². The molecule has 0 spiro atoms. The predicted octanol–water partition coefficient (Wildman–Crippen LogP) is 4.15. The van der Waals surface area contributed by atoms with E-state index in [0.29, 0.717) is 11.3 Å². The zero-order valence-corrected chi connectivity index (χ0v) is 14.9. The van der Waals surface area contributed by atoms with Crippen LogP contribution in [0.1, 0.15) is 5.69 Å². The number of carbonyl (C=O) groups excluding carboxylic acids is 1. The van der Waals surface area contributed by atoms with E-state index in [1.165, 1.54) is 6.07 Å². The van der Waals surface area contributed by atoms with Gasteiger partial charge in [-0.15, -0.1) is 0 Å². The van der Waals surface area contributed by atoms with E-state index in [4.69, 9.17) is 0 Å². The first-order chi connectivity index (χ1) is 13.9. The van der Waals surface area contributed by atoms with E-state index >= 15 is 0 Å². The predicted molar refractivity (Wildman–Crippen MR) is 101 cm³/mol. The Balaban J connectivity index is 1.53. The summed E-state index contributed by atoms with van der Waals surface area (Å²) >= 11 is 0. The molecule has 29 heavy (non-hydrogen) atoms. The molecule has 0 radical (unpaired) electrons. The highest BCUT2D eigenvalue weighted by atomic mass is 19.4. The minimum atomic E-state index is -4.56. The maximum absolute atomic E-state index is 12.9. The van der Waals surface area contributed by atoms with Gasteiger partial charge in [-0.2, -0.15) is 13.2 Å². The Kier molecular flexibility index (Phi) is 4.71. The molecule has 0 bridgehead atoms. The fraction of sp³-hybridized carbons (Fsp3) is 0.100. The van der Waals surface area contributed by atoms with Gasteiger partial charge in [0, 0.05) is 17.4 Å². The molecular weight excluding hydrogens is 383 g/mol. The number of para-hydroxylation sites is 2. The third-order valence-corrected chi connectivity index (χ3v) is 4.19. The maximum Gasteiger partial charge on any atom is 0.433 e. The third-order valence-electron chi connectivity index (χ3n) is 4.19. The largest absolute Gasteiger partial charge is 0.433 e. The van der Waals surface area contributed by atoms with Gasteiger partial charge in [-0.1, -0.05) is 24.3 Å². The zero-order chi connectivity index (χ0) is 20.4. The van der Waals surface area contributed by atoms with E-state index in [1.54, 1.807) is 29.1 Å². The van der Waals surface area contributed by atoms with E-state index in [1.807, 2.05) is 24.3 Å². The van der Waals surface area contributed by atoms with E-state index in [2.05, 4.69) is 20.3 Å². The molecule has 4 rings (SSSR count). The quantitative estimate of drug-likeness (QED) is 0.562. The summed E-state index contributed by atoms with van der Waals surface area (Å²) in [6.07, 6.45) is -1.92. The van der Waals surface area contributed by atoms with Gasteiger partial charge >= 0.3 is 6.18 Å². The maximum atomic E-state index is 12.9. The van der Waals surface area contributed by atoms with Gasteiger partial charge < -0.3 is 9.88 Å². The Labute approximate surface area is 163 Å². The lowest BCUT2D eigenvalue weighted by Crippen LogP contribution is -2.18. The van der Waals surface area contributed by atoms with Crippen LogP contribution in [0.2, 0.25) is 0 Å². The number of alkyl halides is 3. The fourth-order valence-electron chi connectivity index (χ4n) is 2.88. The second-order valence-corrected chi connectivity index (χ2v) is 6.25. The highest BCUT2D eigenvalue weighted by Gasteiger charge is 2.32. The van der Waals surface area contributed by atoms with Crippen LogP contribution in [-0.4, -0.2) is 25.4 Å². The third kappa shape index (κ3) is 4.08. The number of hydrogen-bond acceptors (Lipinski definition) is 4.